The first-order valence-electron chi connectivity index (χ1n) is 6.87. The quantitative estimate of drug-likeness (QED) is 0.515. The molecule has 0 radical (unpaired) electrons. The van der Waals surface area contributed by atoms with Gasteiger partial charge in [-0.2, -0.15) is 0 Å². The van der Waals surface area contributed by atoms with Crippen LogP contribution in [-0.4, -0.2) is 11.7 Å². The predicted octanol–water partition coefficient (Wildman–Crippen LogP) is 3.69. The number of hydrogen-bond acceptors (Lipinski definition) is 2. The third kappa shape index (κ3) is 4.14. The van der Waals surface area contributed by atoms with Gasteiger partial charge in [0.2, 0.25) is 0 Å². The Morgan fingerprint density at radius 2 is 1.52 bits per heavy atom. The number of hydrogen-bond donors (Lipinski definition) is 1. The highest BCUT2D eigenvalue weighted by molar-refractivity contribution is 6.26. The summed E-state index contributed by atoms with van der Waals surface area (Å²) >= 11 is 0. The molecule has 3 heteroatoms. The molecule has 0 aromatic heterocycles. The summed E-state index contributed by atoms with van der Waals surface area (Å²) in [7, 11) is 0. The van der Waals surface area contributed by atoms with Crippen molar-refractivity contribution in [1.29, 1.82) is 0 Å². The molecule has 0 saturated heterocycles. The third-order valence-electron chi connectivity index (χ3n) is 3.01. The van der Waals surface area contributed by atoms with Crippen LogP contribution >= 0.6 is 0 Å². The summed E-state index contributed by atoms with van der Waals surface area (Å²) in [5.74, 6) is -0.552. The van der Waals surface area contributed by atoms with Gasteiger partial charge in [0.15, 0.2) is 5.78 Å². The largest absolute Gasteiger partial charge is 0.322 e. The fourth-order valence-electron chi connectivity index (χ4n) is 1.90. The molecule has 2 aromatic rings. The van der Waals surface area contributed by atoms with Crippen molar-refractivity contribution in [2.75, 3.05) is 5.32 Å². The molecule has 0 bridgehead atoms. The number of para-hydroxylation sites is 1. The summed E-state index contributed by atoms with van der Waals surface area (Å²) in [5, 5.41) is 2.75. The van der Waals surface area contributed by atoms with Crippen LogP contribution in [0.1, 0.15) is 18.9 Å². The minimum Gasteiger partial charge on any atom is -0.322 e. The van der Waals surface area contributed by atoms with Gasteiger partial charge in [0.1, 0.15) is 0 Å². The van der Waals surface area contributed by atoms with E-state index in [0.29, 0.717) is 12.1 Å². The SMILES string of the molecule is CCC(=O)C(=Cc1ccccc1)C(=O)Nc1ccccc1. The smallest absolute Gasteiger partial charge is 0.259 e. The number of anilines is 1. The van der Waals surface area contributed by atoms with Gasteiger partial charge >= 0.3 is 0 Å². The molecule has 106 valence electrons. The topological polar surface area (TPSA) is 46.2 Å². The Hall–Kier alpha value is -2.68. The summed E-state index contributed by atoms with van der Waals surface area (Å²) in [6, 6.07) is 18.5. The van der Waals surface area contributed by atoms with Gasteiger partial charge in [-0.25, -0.2) is 0 Å². The van der Waals surface area contributed by atoms with E-state index in [2.05, 4.69) is 5.32 Å². The van der Waals surface area contributed by atoms with E-state index < -0.39 is 0 Å². The lowest BCUT2D eigenvalue weighted by atomic mass is 10.0. The fraction of sp³-hybridized carbons (Fsp3) is 0.111. The molecule has 0 unspecified atom stereocenters. The van der Waals surface area contributed by atoms with Crippen molar-refractivity contribution >= 4 is 23.5 Å². The Balaban J connectivity index is 2.26. The third-order valence-corrected chi connectivity index (χ3v) is 3.01. The Labute approximate surface area is 124 Å². The Morgan fingerprint density at radius 3 is 2.10 bits per heavy atom. The zero-order valence-electron chi connectivity index (χ0n) is 11.9. The molecule has 0 aliphatic rings. The molecule has 0 aliphatic carbocycles. The molecule has 0 aliphatic heterocycles. The van der Waals surface area contributed by atoms with Crippen LogP contribution in [0.25, 0.3) is 6.08 Å². The van der Waals surface area contributed by atoms with Crippen molar-refractivity contribution in [3.8, 4) is 0 Å². The number of ketones is 1. The molecular weight excluding hydrogens is 262 g/mol. The molecule has 3 nitrogen and oxygen atoms in total. The number of carbonyl (C=O) groups is 2. The lowest BCUT2D eigenvalue weighted by Crippen LogP contribution is -2.20. The van der Waals surface area contributed by atoms with E-state index in [9.17, 15) is 9.59 Å². The van der Waals surface area contributed by atoms with Crippen molar-refractivity contribution in [3.63, 3.8) is 0 Å². The molecule has 0 atom stereocenters. The lowest BCUT2D eigenvalue weighted by molar-refractivity contribution is -0.119. The Morgan fingerprint density at radius 1 is 0.952 bits per heavy atom. The second kappa shape index (κ2) is 7.20. The average Bonchev–Trinajstić information content (AvgIpc) is 2.53. The van der Waals surface area contributed by atoms with Gasteiger partial charge in [0.05, 0.1) is 5.57 Å². The van der Waals surface area contributed by atoms with Crippen LogP contribution in [0.4, 0.5) is 5.69 Å². The highest BCUT2D eigenvalue weighted by atomic mass is 16.2. The molecule has 0 spiro atoms. The van der Waals surface area contributed by atoms with E-state index >= 15 is 0 Å². The minimum absolute atomic E-state index is 0.174. The van der Waals surface area contributed by atoms with E-state index in [1.165, 1.54) is 0 Å². The van der Waals surface area contributed by atoms with Crippen molar-refractivity contribution in [2.45, 2.75) is 13.3 Å². The maximum absolute atomic E-state index is 12.3. The number of nitrogens with one attached hydrogen (secondary N) is 1. The highest BCUT2D eigenvalue weighted by Crippen LogP contribution is 2.13. The molecule has 1 amide bonds. The van der Waals surface area contributed by atoms with Crippen LogP contribution in [0.5, 0.6) is 0 Å². The molecule has 0 fully saturated rings. The van der Waals surface area contributed by atoms with Crippen LogP contribution in [0.15, 0.2) is 66.2 Å². The first-order valence-corrected chi connectivity index (χ1v) is 6.87. The molecule has 0 heterocycles. The predicted molar refractivity (Wildman–Crippen MR) is 84.8 cm³/mol. The second-order valence-electron chi connectivity index (χ2n) is 4.57. The van der Waals surface area contributed by atoms with Gasteiger partial charge in [-0.05, 0) is 23.8 Å². The standard InChI is InChI=1S/C18H17NO2/c1-2-17(20)16(13-14-9-5-3-6-10-14)18(21)19-15-11-7-4-8-12-15/h3-13H,2H2,1H3,(H,19,21). The summed E-state index contributed by atoms with van der Waals surface area (Å²) in [5.41, 5.74) is 1.68. The van der Waals surface area contributed by atoms with Crippen LogP contribution in [0.2, 0.25) is 0 Å². The number of amides is 1. The monoisotopic (exact) mass is 279 g/mol. The number of rotatable bonds is 5. The second-order valence-corrected chi connectivity index (χ2v) is 4.57. The molecule has 1 N–H and O–H groups in total. The molecule has 2 aromatic carbocycles. The van der Waals surface area contributed by atoms with Crippen molar-refractivity contribution in [2.24, 2.45) is 0 Å². The Bertz CT molecular complexity index is 645. The Kier molecular flexibility index (Phi) is 5.04. The summed E-state index contributed by atoms with van der Waals surface area (Å²) in [6.07, 6.45) is 1.92. The van der Waals surface area contributed by atoms with E-state index in [-0.39, 0.29) is 17.3 Å². The van der Waals surface area contributed by atoms with Crippen molar-refractivity contribution in [3.05, 3.63) is 71.8 Å². The first kappa shape index (κ1) is 14.7. The van der Waals surface area contributed by atoms with E-state index in [1.807, 2.05) is 48.5 Å². The maximum Gasteiger partial charge on any atom is 0.259 e. The number of benzene rings is 2. The summed E-state index contributed by atoms with van der Waals surface area (Å²) in [4.78, 5) is 24.3. The molecule has 2 rings (SSSR count). The van der Waals surface area contributed by atoms with E-state index in [4.69, 9.17) is 0 Å². The normalized spacial score (nSPS) is 11.0. The van der Waals surface area contributed by atoms with Crippen molar-refractivity contribution < 1.29 is 9.59 Å². The fourth-order valence-corrected chi connectivity index (χ4v) is 1.90. The molecule has 21 heavy (non-hydrogen) atoms. The van der Waals surface area contributed by atoms with Crippen LogP contribution in [-0.2, 0) is 9.59 Å². The van der Waals surface area contributed by atoms with Crippen LogP contribution < -0.4 is 5.32 Å². The van der Waals surface area contributed by atoms with Crippen molar-refractivity contribution in [1.82, 2.24) is 0 Å². The lowest BCUT2D eigenvalue weighted by Gasteiger charge is -2.07. The van der Waals surface area contributed by atoms with Gasteiger partial charge in [0.25, 0.3) is 5.91 Å². The van der Waals surface area contributed by atoms with Gasteiger partial charge < -0.3 is 5.32 Å². The zero-order chi connectivity index (χ0) is 15.1. The maximum atomic E-state index is 12.3. The van der Waals surface area contributed by atoms with Gasteiger partial charge in [-0.3, -0.25) is 9.59 Å². The van der Waals surface area contributed by atoms with Gasteiger partial charge in [-0.1, -0.05) is 55.5 Å². The molecular formula is C18H17NO2. The minimum atomic E-state index is -0.378. The van der Waals surface area contributed by atoms with Gasteiger partial charge in [-0.15, -0.1) is 0 Å². The average molecular weight is 279 g/mol. The van der Waals surface area contributed by atoms with Gasteiger partial charge in [0, 0.05) is 12.1 Å². The van der Waals surface area contributed by atoms with E-state index in [0.717, 1.165) is 5.56 Å². The zero-order valence-corrected chi connectivity index (χ0v) is 11.9. The first-order chi connectivity index (χ1) is 10.2. The summed E-state index contributed by atoms with van der Waals surface area (Å²) < 4.78 is 0. The summed E-state index contributed by atoms with van der Waals surface area (Å²) in [6.45, 7) is 1.75. The number of carbonyl (C=O) groups excluding carboxylic acids is 2. The number of Topliss-reactive ketones (excluding diaryl/α,β-unsaturated/α-hetero) is 1. The highest BCUT2D eigenvalue weighted by Gasteiger charge is 2.16. The van der Waals surface area contributed by atoms with E-state index in [1.54, 1.807) is 25.1 Å². The molecule has 0 saturated carbocycles. The van der Waals surface area contributed by atoms with Crippen LogP contribution in [0, 0.1) is 0 Å². The van der Waals surface area contributed by atoms with Crippen LogP contribution in [0.3, 0.4) is 0 Å².